The molecule has 1 saturated carbocycles. The van der Waals surface area contributed by atoms with Gasteiger partial charge in [0, 0.05) is 25.2 Å². The van der Waals surface area contributed by atoms with Crippen LogP contribution in [0.2, 0.25) is 0 Å². The molecular weight excluding hydrogens is 328 g/mol. The number of hydrogen-bond acceptors (Lipinski definition) is 5. The Morgan fingerprint density at radius 1 is 1.23 bits per heavy atom. The number of nitrogens with one attached hydrogen (secondary N) is 2. The van der Waals surface area contributed by atoms with Crippen LogP contribution in [0.15, 0.2) is 42.6 Å². The number of nitrogens with zero attached hydrogens (tertiary/aromatic N) is 4. The molecule has 1 aliphatic carbocycles. The first-order valence-corrected chi connectivity index (χ1v) is 9.06. The average Bonchev–Trinajstić information content (AvgIpc) is 3.37. The summed E-state index contributed by atoms with van der Waals surface area (Å²) in [5.74, 6) is 2.10. The minimum Gasteiger partial charge on any atom is -0.393 e. The molecule has 0 unspecified atom stereocenters. The van der Waals surface area contributed by atoms with Gasteiger partial charge in [-0.2, -0.15) is 10.2 Å². The van der Waals surface area contributed by atoms with E-state index in [0.29, 0.717) is 6.54 Å². The molecule has 4 rings (SSSR count). The monoisotopic (exact) mass is 352 g/mol. The second-order valence-electron chi connectivity index (χ2n) is 6.98. The first kappa shape index (κ1) is 16.9. The molecule has 2 heterocycles. The summed E-state index contributed by atoms with van der Waals surface area (Å²) in [5, 5.41) is 25.4. The van der Waals surface area contributed by atoms with Crippen molar-refractivity contribution in [3.63, 3.8) is 0 Å². The third kappa shape index (κ3) is 3.54. The maximum absolute atomic E-state index is 10.4. The predicted molar refractivity (Wildman–Crippen MR) is 97.9 cm³/mol. The third-order valence-corrected chi connectivity index (χ3v) is 5.07. The number of hydrogen-bond donors (Lipinski definition) is 3. The number of aliphatic hydroxyl groups is 1. The van der Waals surface area contributed by atoms with Crippen LogP contribution < -0.4 is 5.32 Å². The smallest absolute Gasteiger partial charge is 0.153 e. The fourth-order valence-electron chi connectivity index (χ4n) is 3.73. The van der Waals surface area contributed by atoms with Gasteiger partial charge in [0.1, 0.15) is 5.82 Å². The molecule has 2 aromatic heterocycles. The van der Waals surface area contributed by atoms with Gasteiger partial charge in [-0.1, -0.05) is 18.2 Å². The summed E-state index contributed by atoms with van der Waals surface area (Å²) in [4.78, 5) is 4.42. The van der Waals surface area contributed by atoms with E-state index in [4.69, 9.17) is 0 Å². The molecule has 1 aromatic carbocycles. The lowest BCUT2D eigenvalue weighted by atomic mass is 10.0. The Labute approximate surface area is 152 Å². The van der Waals surface area contributed by atoms with Crippen LogP contribution in [0, 0.1) is 12.8 Å². The predicted octanol–water partition coefficient (Wildman–Crippen LogP) is 1.94. The van der Waals surface area contributed by atoms with Crippen molar-refractivity contribution in [1.29, 1.82) is 0 Å². The van der Waals surface area contributed by atoms with Crippen molar-refractivity contribution in [2.75, 3.05) is 6.54 Å². The quantitative estimate of drug-likeness (QED) is 0.631. The zero-order valence-electron chi connectivity index (χ0n) is 14.8. The lowest BCUT2D eigenvalue weighted by molar-refractivity contribution is 0.131. The Bertz CT molecular complexity index is 843. The van der Waals surface area contributed by atoms with Crippen LogP contribution in [0.3, 0.4) is 0 Å². The molecule has 1 aliphatic rings. The first-order valence-electron chi connectivity index (χ1n) is 9.06. The minimum absolute atomic E-state index is 0.215. The molecule has 136 valence electrons. The van der Waals surface area contributed by atoms with Crippen molar-refractivity contribution in [2.24, 2.45) is 5.92 Å². The van der Waals surface area contributed by atoms with Crippen LogP contribution in [0.1, 0.15) is 36.1 Å². The lowest BCUT2D eigenvalue weighted by Gasteiger charge is -2.15. The number of aliphatic hydroxyl groups excluding tert-OH is 1. The summed E-state index contributed by atoms with van der Waals surface area (Å²) in [7, 11) is 0. The molecule has 3 atom stereocenters. The van der Waals surface area contributed by atoms with Crippen molar-refractivity contribution in [3.05, 3.63) is 59.9 Å². The maximum Gasteiger partial charge on any atom is 0.153 e. The van der Waals surface area contributed by atoms with Gasteiger partial charge in [0.05, 0.1) is 17.5 Å². The highest BCUT2D eigenvalue weighted by atomic mass is 16.3. The van der Waals surface area contributed by atoms with Gasteiger partial charge in [-0.05, 0) is 43.9 Å². The fraction of sp³-hybridized carbons (Fsp3) is 0.421. The van der Waals surface area contributed by atoms with Crippen molar-refractivity contribution in [3.8, 4) is 5.69 Å². The number of benzene rings is 1. The Morgan fingerprint density at radius 2 is 2.08 bits per heavy atom. The molecule has 0 radical (unpaired) electrons. The highest BCUT2D eigenvalue weighted by Crippen LogP contribution is 2.36. The zero-order chi connectivity index (χ0) is 17.9. The lowest BCUT2D eigenvalue weighted by Crippen LogP contribution is -2.28. The van der Waals surface area contributed by atoms with Crippen molar-refractivity contribution < 1.29 is 5.11 Å². The van der Waals surface area contributed by atoms with E-state index in [1.165, 1.54) is 0 Å². The molecule has 3 N–H and O–H groups in total. The van der Waals surface area contributed by atoms with Crippen LogP contribution in [0.25, 0.3) is 5.69 Å². The molecular formula is C19H24N6O. The van der Waals surface area contributed by atoms with Crippen LogP contribution in [-0.2, 0) is 6.54 Å². The summed E-state index contributed by atoms with van der Waals surface area (Å²) in [5.41, 5.74) is 2.15. The van der Waals surface area contributed by atoms with Gasteiger partial charge in [0.15, 0.2) is 5.82 Å². The van der Waals surface area contributed by atoms with E-state index in [1.807, 2.05) is 54.2 Å². The molecule has 7 nitrogen and oxygen atoms in total. The second kappa shape index (κ2) is 7.39. The summed E-state index contributed by atoms with van der Waals surface area (Å²) < 4.78 is 1.94. The minimum atomic E-state index is -0.314. The zero-order valence-corrected chi connectivity index (χ0v) is 14.8. The normalized spacial score (nSPS) is 22.8. The van der Waals surface area contributed by atoms with Crippen molar-refractivity contribution in [2.45, 2.75) is 38.3 Å². The van der Waals surface area contributed by atoms with Gasteiger partial charge in [-0.25, -0.2) is 9.67 Å². The number of H-pyrrole nitrogens is 1. The molecule has 26 heavy (non-hydrogen) atoms. The Hall–Kier alpha value is -2.51. The molecule has 1 fully saturated rings. The van der Waals surface area contributed by atoms with Crippen LogP contribution >= 0.6 is 0 Å². The Kier molecular flexibility index (Phi) is 4.81. The number of aryl methyl sites for hydroxylation is 1. The summed E-state index contributed by atoms with van der Waals surface area (Å²) in [6.07, 6.45) is 3.13. The van der Waals surface area contributed by atoms with Gasteiger partial charge in [-0.3, -0.25) is 5.10 Å². The van der Waals surface area contributed by atoms with Gasteiger partial charge < -0.3 is 10.4 Å². The molecule has 0 saturated heterocycles. The molecule has 0 amide bonds. The van der Waals surface area contributed by atoms with Crippen molar-refractivity contribution in [1.82, 2.24) is 30.3 Å². The molecule has 7 heteroatoms. The Morgan fingerprint density at radius 3 is 2.85 bits per heavy atom. The van der Waals surface area contributed by atoms with E-state index >= 15 is 0 Å². The topological polar surface area (TPSA) is 91.7 Å². The number of aromatic amines is 1. The number of para-hydroxylation sites is 1. The standard InChI is InChI=1S/C19H24N6O/c1-13-22-19(24-23-13)14-9-15(18(26)10-14)11-20-12-17-7-8-21-25(17)16-5-3-2-4-6-16/h2-8,14-15,18,20,26H,9-12H2,1H3,(H,22,23,24)/t14-,15+,18+/m0/s1. The van der Waals surface area contributed by atoms with E-state index in [2.05, 4.69) is 25.6 Å². The number of aromatic nitrogens is 5. The van der Waals surface area contributed by atoms with Crippen LogP contribution in [-0.4, -0.2) is 42.7 Å². The average molecular weight is 352 g/mol. The first-order chi connectivity index (χ1) is 12.7. The van der Waals surface area contributed by atoms with Gasteiger partial charge in [-0.15, -0.1) is 0 Å². The van der Waals surface area contributed by atoms with Crippen LogP contribution in [0.5, 0.6) is 0 Å². The molecule has 0 bridgehead atoms. The van der Waals surface area contributed by atoms with Gasteiger partial charge in [0.2, 0.25) is 0 Å². The van der Waals surface area contributed by atoms with Gasteiger partial charge >= 0.3 is 0 Å². The van der Waals surface area contributed by atoms with Crippen LogP contribution in [0.4, 0.5) is 0 Å². The summed E-state index contributed by atoms with van der Waals surface area (Å²) in [6.45, 7) is 3.38. The highest BCUT2D eigenvalue weighted by molar-refractivity contribution is 5.32. The summed E-state index contributed by atoms with van der Waals surface area (Å²) >= 11 is 0. The largest absolute Gasteiger partial charge is 0.393 e. The summed E-state index contributed by atoms with van der Waals surface area (Å²) in [6, 6.07) is 12.1. The third-order valence-electron chi connectivity index (χ3n) is 5.07. The Balaban J connectivity index is 1.34. The highest BCUT2D eigenvalue weighted by Gasteiger charge is 2.35. The van der Waals surface area contributed by atoms with E-state index in [0.717, 1.165) is 42.4 Å². The fourth-order valence-corrected chi connectivity index (χ4v) is 3.73. The SMILES string of the molecule is Cc1nc([C@H]2C[C@H](CNCc3ccnn3-c3ccccc3)[C@H](O)C2)n[nH]1. The molecule has 0 aliphatic heterocycles. The number of rotatable bonds is 6. The maximum atomic E-state index is 10.4. The molecule has 3 aromatic rings. The molecule has 0 spiro atoms. The second-order valence-corrected chi connectivity index (χ2v) is 6.98. The van der Waals surface area contributed by atoms with E-state index < -0.39 is 0 Å². The van der Waals surface area contributed by atoms with E-state index in [-0.39, 0.29) is 17.9 Å². The van der Waals surface area contributed by atoms with E-state index in [9.17, 15) is 5.11 Å². The van der Waals surface area contributed by atoms with E-state index in [1.54, 1.807) is 0 Å². The van der Waals surface area contributed by atoms with Gasteiger partial charge in [0.25, 0.3) is 0 Å². The van der Waals surface area contributed by atoms with Crippen molar-refractivity contribution >= 4 is 0 Å².